The molecule has 0 fully saturated rings. The third-order valence-electron chi connectivity index (χ3n) is 2.67. The Bertz CT molecular complexity index is 531. The van der Waals surface area contributed by atoms with Crippen molar-refractivity contribution in [3.8, 4) is 0 Å². The molecule has 0 saturated heterocycles. The molecule has 1 heterocycles. The van der Waals surface area contributed by atoms with Crippen LogP contribution < -0.4 is 11.1 Å². The van der Waals surface area contributed by atoms with Gasteiger partial charge in [-0.2, -0.15) is 0 Å². The van der Waals surface area contributed by atoms with Crippen molar-refractivity contribution in [1.82, 2.24) is 4.57 Å². The lowest BCUT2D eigenvalue weighted by atomic mass is 10.2. The summed E-state index contributed by atoms with van der Waals surface area (Å²) in [5.74, 6) is -0.410. The molecular formula is C13H15N3O. The van der Waals surface area contributed by atoms with Gasteiger partial charge in [-0.05, 0) is 30.3 Å². The highest BCUT2D eigenvalue weighted by atomic mass is 16.1. The summed E-state index contributed by atoms with van der Waals surface area (Å²) in [6.07, 6.45) is 2.00. The predicted octanol–water partition coefficient (Wildman–Crippen LogP) is 1.74. The zero-order valence-corrected chi connectivity index (χ0v) is 9.68. The minimum atomic E-state index is -0.410. The van der Waals surface area contributed by atoms with Gasteiger partial charge in [0.2, 0.25) is 5.91 Å². The number of carbonyl (C=O) groups is 1. The van der Waals surface area contributed by atoms with Gasteiger partial charge in [0.15, 0.2) is 0 Å². The molecule has 3 N–H and O–H groups in total. The summed E-state index contributed by atoms with van der Waals surface area (Å²) < 4.78 is 2.05. The number of hydrogen-bond donors (Lipinski definition) is 2. The molecule has 0 radical (unpaired) electrons. The number of nitrogens with zero attached hydrogens (tertiary/aromatic N) is 1. The molecule has 0 spiro atoms. The second kappa shape index (κ2) is 4.74. The minimum absolute atomic E-state index is 0.410. The van der Waals surface area contributed by atoms with E-state index in [-0.39, 0.29) is 0 Å². The van der Waals surface area contributed by atoms with Crippen LogP contribution in [0, 0.1) is 0 Å². The van der Waals surface area contributed by atoms with Crippen molar-refractivity contribution in [1.29, 1.82) is 0 Å². The average Bonchev–Trinajstić information content (AvgIpc) is 2.72. The smallest absolute Gasteiger partial charge is 0.248 e. The quantitative estimate of drug-likeness (QED) is 0.838. The number of nitrogens with two attached hydrogens (primary N) is 1. The lowest BCUT2D eigenvalue weighted by Gasteiger charge is -2.08. The van der Waals surface area contributed by atoms with E-state index in [1.165, 1.54) is 5.69 Å². The number of hydrogen-bond acceptors (Lipinski definition) is 2. The zero-order chi connectivity index (χ0) is 12.3. The Morgan fingerprint density at radius 3 is 2.82 bits per heavy atom. The summed E-state index contributed by atoms with van der Waals surface area (Å²) in [7, 11) is 2.00. The van der Waals surface area contributed by atoms with E-state index in [2.05, 4.69) is 5.32 Å². The van der Waals surface area contributed by atoms with Gasteiger partial charge >= 0.3 is 0 Å². The molecular weight excluding hydrogens is 214 g/mol. The molecule has 0 bridgehead atoms. The number of anilines is 1. The molecule has 88 valence electrons. The van der Waals surface area contributed by atoms with Crippen LogP contribution in [0.3, 0.4) is 0 Å². The van der Waals surface area contributed by atoms with Gasteiger partial charge in [-0.25, -0.2) is 0 Å². The first-order valence-corrected chi connectivity index (χ1v) is 5.41. The lowest BCUT2D eigenvalue weighted by Crippen LogP contribution is -2.11. The van der Waals surface area contributed by atoms with Crippen LogP contribution in [0.15, 0.2) is 42.6 Å². The van der Waals surface area contributed by atoms with Gasteiger partial charge in [0.1, 0.15) is 0 Å². The Kier molecular flexibility index (Phi) is 3.14. The molecule has 2 rings (SSSR count). The Morgan fingerprint density at radius 1 is 1.35 bits per heavy atom. The number of carbonyl (C=O) groups excluding carboxylic acids is 1. The minimum Gasteiger partial charge on any atom is -0.379 e. The number of aromatic nitrogens is 1. The van der Waals surface area contributed by atoms with Crippen molar-refractivity contribution in [3.05, 3.63) is 53.9 Å². The van der Waals surface area contributed by atoms with Crippen LogP contribution in [0.2, 0.25) is 0 Å². The Hall–Kier alpha value is -2.23. The van der Waals surface area contributed by atoms with Gasteiger partial charge in [0.05, 0.1) is 6.54 Å². The number of benzene rings is 1. The van der Waals surface area contributed by atoms with E-state index in [1.54, 1.807) is 12.1 Å². The summed E-state index contributed by atoms with van der Waals surface area (Å²) in [6.45, 7) is 0.714. The number of primary amides is 1. The molecule has 4 nitrogen and oxygen atoms in total. The Labute approximate surface area is 100 Å². The third-order valence-corrected chi connectivity index (χ3v) is 2.67. The fourth-order valence-electron chi connectivity index (χ4n) is 1.66. The monoisotopic (exact) mass is 229 g/mol. The zero-order valence-electron chi connectivity index (χ0n) is 9.68. The fourth-order valence-corrected chi connectivity index (χ4v) is 1.66. The van der Waals surface area contributed by atoms with Crippen LogP contribution in [0.1, 0.15) is 16.1 Å². The average molecular weight is 229 g/mol. The van der Waals surface area contributed by atoms with Crippen LogP contribution >= 0.6 is 0 Å². The van der Waals surface area contributed by atoms with Crippen LogP contribution in [-0.4, -0.2) is 10.5 Å². The molecule has 0 unspecified atom stereocenters. The van der Waals surface area contributed by atoms with E-state index >= 15 is 0 Å². The summed E-state index contributed by atoms with van der Waals surface area (Å²) >= 11 is 0. The van der Waals surface area contributed by atoms with E-state index in [9.17, 15) is 4.79 Å². The van der Waals surface area contributed by atoms with E-state index in [0.29, 0.717) is 12.1 Å². The Balaban J connectivity index is 2.07. The largest absolute Gasteiger partial charge is 0.379 e. The highest BCUT2D eigenvalue weighted by Gasteiger charge is 2.01. The highest BCUT2D eigenvalue weighted by Crippen LogP contribution is 2.11. The molecule has 1 aromatic heterocycles. The normalized spacial score (nSPS) is 10.2. The molecule has 1 amide bonds. The molecule has 0 atom stereocenters. The molecule has 17 heavy (non-hydrogen) atoms. The Morgan fingerprint density at radius 2 is 2.18 bits per heavy atom. The van der Waals surface area contributed by atoms with Gasteiger partial charge in [0, 0.05) is 30.2 Å². The summed E-state index contributed by atoms with van der Waals surface area (Å²) in [4.78, 5) is 11.0. The first kappa shape index (κ1) is 11.3. The van der Waals surface area contributed by atoms with E-state index in [1.807, 2.05) is 42.1 Å². The number of nitrogens with one attached hydrogen (secondary N) is 1. The molecule has 1 aromatic carbocycles. The molecule has 0 aliphatic rings. The maximum absolute atomic E-state index is 11.0. The molecule has 0 aliphatic carbocycles. The van der Waals surface area contributed by atoms with E-state index in [4.69, 9.17) is 5.73 Å². The molecule has 0 saturated carbocycles. The topological polar surface area (TPSA) is 60.1 Å². The lowest BCUT2D eigenvalue weighted by molar-refractivity contribution is 0.100. The van der Waals surface area contributed by atoms with Crippen molar-refractivity contribution < 1.29 is 4.79 Å². The van der Waals surface area contributed by atoms with E-state index < -0.39 is 5.91 Å². The van der Waals surface area contributed by atoms with Gasteiger partial charge in [0.25, 0.3) is 0 Å². The van der Waals surface area contributed by atoms with Gasteiger partial charge < -0.3 is 15.6 Å². The molecule has 2 aromatic rings. The van der Waals surface area contributed by atoms with Crippen LogP contribution in [0.5, 0.6) is 0 Å². The second-order valence-electron chi connectivity index (χ2n) is 3.91. The van der Waals surface area contributed by atoms with Crippen LogP contribution in [-0.2, 0) is 13.6 Å². The maximum Gasteiger partial charge on any atom is 0.248 e. The number of aryl methyl sites for hydroxylation is 1. The molecule has 4 heteroatoms. The first-order chi connectivity index (χ1) is 8.16. The van der Waals surface area contributed by atoms with Gasteiger partial charge in [-0.15, -0.1) is 0 Å². The summed E-state index contributed by atoms with van der Waals surface area (Å²) in [6, 6.07) is 11.2. The SMILES string of the molecule is Cn1cccc1CNc1cccc(C(N)=O)c1. The van der Waals surface area contributed by atoms with Crippen LogP contribution in [0.25, 0.3) is 0 Å². The number of amides is 1. The van der Waals surface area contributed by atoms with Gasteiger partial charge in [-0.1, -0.05) is 6.07 Å². The highest BCUT2D eigenvalue weighted by molar-refractivity contribution is 5.93. The van der Waals surface area contributed by atoms with Crippen molar-refractivity contribution in [2.45, 2.75) is 6.54 Å². The molecule has 0 aliphatic heterocycles. The van der Waals surface area contributed by atoms with Crippen LogP contribution in [0.4, 0.5) is 5.69 Å². The van der Waals surface area contributed by atoms with Gasteiger partial charge in [-0.3, -0.25) is 4.79 Å². The first-order valence-electron chi connectivity index (χ1n) is 5.41. The standard InChI is InChI=1S/C13H15N3O/c1-16-7-3-6-12(16)9-15-11-5-2-4-10(8-11)13(14)17/h2-8,15H,9H2,1H3,(H2,14,17). The van der Waals surface area contributed by atoms with Crippen molar-refractivity contribution >= 4 is 11.6 Å². The fraction of sp³-hybridized carbons (Fsp3) is 0.154. The maximum atomic E-state index is 11.0. The summed E-state index contributed by atoms with van der Waals surface area (Å²) in [5, 5.41) is 3.25. The second-order valence-corrected chi connectivity index (χ2v) is 3.91. The van der Waals surface area contributed by atoms with Crippen molar-refractivity contribution in [2.24, 2.45) is 12.8 Å². The predicted molar refractivity (Wildman–Crippen MR) is 67.7 cm³/mol. The van der Waals surface area contributed by atoms with Crippen molar-refractivity contribution in [2.75, 3.05) is 5.32 Å². The summed E-state index contributed by atoms with van der Waals surface area (Å²) in [5.41, 5.74) is 7.81. The van der Waals surface area contributed by atoms with Crippen molar-refractivity contribution in [3.63, 3.8) is 0 Å². The van der Waals surface area contributed by atoms with E-state index in [0.717, 1.165) is 5.69 Å². The number of rotatable bonds is 4. The third kappa shape index (κ3) is 2.66.